The molecule has 0 heterocycles. The molecule has 88 valence electrons. The van der Waals surface area contributed by atoms with E-state index in [1.165, 1.54) is 36.9 Å². The van der Waals surface area contributed by atoms with Gasteiger partial charge < -0.3 is 5.32 Å². The zero-order valence-electron chi connectivity index (χ0n) is 10.1. The summed E-state index contributed by atoms with van der Waals surface area (Å²) in [5.41, 5.74) is 2.62. The molecule has 0 aliphatic heterocycles. The molecule has 0 bridgehead atoms. The maximum absolute atomic E-state index is 3.68. The fourth-order valence-electron chi connectivity index (χ4n) is 2.37. The zero-order valence-corrected chi connectivity index (χ0v) is 11.7. The number of hydrogen-bond acceptors (Lipinski definition) is 1. The predicted octanol–water partition coefficient (Wildman–Crippen LogP) is 4.75. The van der Waals surface area contributed by atoms with E-state index in [0.717, 1.165) is 10.4 Å². The smallest absolute Gasteiger partial charge is 0.0383 e. The van der Waals surface area contributed by atoms with Crippen molar-refractivity contribution in [2.75, 3.05) is 5.32 Å². The second-order valence-corrected chi connectivity index (χ2v) is 5.98. The van der Waals surface area contributed by atoms with Crippen LogP contribution in [0.15, 0.2) is 22.7 Å². The van der Waals surface area contributed by atoms with Crippen molar-refractivity contribution in [2.45, 2.75) is 45.6 Å². The van der Waals surface area contributed by atoms with Crippen LogP contribution in [0.2, 0.25) is 0 Å². The van der Waals surface area contributed by atoms with E-state index < -0.39 is 0 Å². The summed E-state index contributed by atoms with van der Waals surface area (Å²) in [6.45, 7) is 4.53. The molecule has 0 atom stereocenters. The first-order valence-corrected chi connectivity index (χ1v) is 6.97. The van der Waals surface area contributed by atoms with Gasteiger partial charge >= 0.3 is 0 Å². The maximum Gasteiger partial charge on any atom is 0.0383 e. The number of rotatable bonds is 2. The van der Waals surface area contributed by atoms with Gasteiger partial charge in [0.05, 0.1) is 0 Å². The molecule has 0 spiro atoms. The van der Waals surface area contributed by atoms with Crippen LogP contribution in [0, 0.1) is 12.8 Å². The molecule has 16 heavy (non-hydrogen) atoms. The van der Waals surface area contributed by atoms with Gasteiger partial charge in [0.15, 0.2) is 0 Å². The van der Waals surface area contributed by atoms with Gasteiger partial charge in [-0.1, -0.05) is 28.9 Å². The van der Waals surface area contributed by atoms with E-state index in [4.69, 9.17) is 0 Å². The van der Waals surface area contributed by atoms with E-state index in [1.807, 2.05) is 0 Å². The Bertz CT molecular complexity index is 354. The largest absolute Gasteiger partial charge is 0.382 e. The SMILES string of the molecule is Cc1ccc(Br)cc1NC1CCC(C)CC1. The van der Waals surface area contributed by atoms with Crippen molar-refractivity contribution in [3.8, 4) is 0 Å². The molecule has 0 aromatic heterocycles. The van der Waals surface area contributed by atoms with Crippen LogP contribution in [0.3, 0.4) is 0 Å². The minimum Gasteiger partial charge on any atom is -0.382 e. The number of anilines is 1. The molecule has 1 saturated carbocycles. The molecule has 2 heteroatoms. The van der Waals surface area contributed by atoms with Crippen molar-refractivity contribution in [2.24, 2.45) is 5.92 Å². The van der Waals surface area contributed by atoms with Crippen molar-refractivity contribution in [3.05, 3.63) is 28.2 Å². The van der Waals surface area contributed by atoms with Crippen LogP contribution in [0.4, 0.5) is 5.69 Å². The molecule has 0 unspecified atom stereocenters. The minimum absolute atomic E-state index is 0.671. The maximum atomic E-state index is 3.68. The van der Waals surface area contributed by atoms with Crippen molar-refractivity contribution in [1.82, 2.24) is 0 Å². The van der Waals surface area contributed by atoms with Gasteiger partial charge in [-0.15, -0.1) is 0 Å². The summed E-state index contributed by atoms with van der Waals surface area (Å²) in [6, 6.07) is 7.12. The Hall–Kier alpha value is -0.500. The van der Waals surface area contributed by atoms with Crippen molar-refractivity contribution < 1.29 is 0 Å². The highest BCUT2D eigenvalue weighted by Gasteiger charge is 2.18. The summed E-state index contributed by atoms with van der Waals surface area (Å²) in [7, 11) is 0. The highest BCUT2D eigenvalue weighted by molar-refractivity contribution is 9.10. The Labute approximate surface area is 107 Å². The van der Waals surface area contributed by atoms with Crippen molar-refractivity contribution >= 4 is 21.6 Å². The molecule has 1 aliphatic rings. The Morgan fingerprint density at radius 3 is 2.56 bits per heavy atom. The van der Waals surface area contributed by atoms with Crippen molar-refractivity contribution in [1.29, 1.82) is 0 Å². The lowest BCUT2D eigenvalue weighted by atomic mass is 9.87. The summed E-state index contributed by atoms with van der Waals surface area (Å²) in [5, 5.41) is 3.68. The van der Waals surface area contributed by atoms with E-state index >= 15 is 0 Å². The first kappa shape index (κ1) is 12.0. The average Bonchev–Trinajstić information content (AvgIpc) is 2.27. The van der Waals surface area contributed by atoms with Crippen LogP contribution >= 0.6 is 15.9 Å². The number of nitrogens with one attached hydrogen (secondary N) is 1. The van der Waals surface area contributed by atoms with E-state index in [1.54, 1.807) is 0 Å². The molecule has 1 nitrogen and oxygen atoms in total. The van der Waals surface area contributed by atoms with Gasteiger partial charge in [0.25, 0.3) is 0 Å². The standard InChI is InChI=1S/C14H20BrN/c1-10-3-7-13(8-4-10)16-14-9-12(15)6-5-11(14)2/h5-6,9-10,13,16H,3-4,7-8H2,1-2H3. The van der Waals surface area contributed by atoms with Gasteiger partial charge in [-0.2, -0.15) is 0 Å². The van der Waals surface area contributed by atoms with Gasteiger partial charge in [-0.3, -0.25) is 0 Å². The molecule has 0 amide bonds. The topological polar surface area (TPSA) is 12.0 Å². The third-order valence-electron chi connectivity index (χ3n) is 3.58. The predicted molar refractivity (Wildman–Crippen MR) is 73.9 cm³/mol. The van der Waals surface area contributed by atoms with Crippen LogP contribution in [0.1, 0.15) is 38.2 Å². The summed E-state index contributed by atoms with van der Waals surface area (Å²) in [4.78, 5) is 0. The highest BCUT2D eigenvalue weighted by atomic mass is 79.9. The Kier molecular flexibility index (Phi) is 3.91. The van der Waals surface area contributed by atoms with Gasteiger partial charge in [0.1, 0.15) is 0 Å². The van der Waals surface area contributed by atoms with Crippen LogP contribution in [0.5, 0.6) is 0 Å². The first-order chi connectivity index (χ1) is 7.65. The second kappa shape index (κ2) is 5.22. The second-order valence-electron chi connectivity index (χ2n) is 5.06. The molecule has 1 aliphatic carbocycles. The van der Waals surface area contributed by atoms with Crippen molar-refractivity contribution in [3.63, 3.8) is 0 Å². The molecule has 1 N–H and O–H groups in total. The number of halogens is 1. The lowest BCUT2D eigenvalue weighted by Gasteiger charge is -2.28. The number of aryl methyl sites for hydroxylation is 1. The first-order valence-electron chi connectivity index (χ1n) is 6.18. The zero-order chi connectivity index (χ0) is 11.5. The quantitative estimate of drug-likeness (QED) is 0.825. The van der Waals surface area contributed by atoms with Gasteiger partial charge in [-0.25, -0.2) is 0 Å². The van der Waals surface area contributed by atoms with Gasteiger partial charge in [0, 0.05) is 16.2 Å². The molecular weight excluding hydrogens is 262 g/mol. The van der Waals surface area contributed by atoms with E-state index in [2.05, 4.69) is 53.3 Å². The Morgan fingerprint density at radius 1 is 1.19 bits per heavy atom. The lowest BCUT2D eigenvalue weighted by Crippen LogP contribution is -2.25. The third-order valence-corrected chi connectivity index (χ3v) is 4.07. The summed E-state index contributed by atoms with van der Waals surface area (Å²) >= 11 is 3.53. The van der Waals surface area contributed by atoms with Crippen LogP contribution in [-0.2, 0) is 0 Å². The molecule has 1 aromatic rings. The highest BCUT2D eigenvalue weighted by Crippen LogP contribution is 2.28. The number of hydrogen-bond donors (Lipinski definition) is 1. The number of benzene rings is 1. The molecule has 1 aromatic carbocycles. The Balaban J connectivity index is 2.00. The Morgan fingerprint density at radius 2 is 1.88 bits per heavy atom. The molecule has 0 radical (unpaired) electrons. The van der Waals surface area contributed by atoms with Crippen LogP contribution in [-0.4, -0.2) is 6.04 Å². The van der Waals surface area contributed by atoms with Gasteiger partial charge in [0.2, 0.25) is 0 Å². The summed E-state index contributed by atoms with van der Waals surface area (Å²) in [5.74, 6) is 0.918. The molecular formula is C14H20BrN. The van der Waals surface area contributed by atoms with Crippen LogP contribution < -0.4 is 5.32 Å². The summed E-state index contributed by atoms with van der Waals surface area (Å²) in [6.07, 6.45) is 5.36. The van der Waals surface area contributed by atoms with E-state index in [-0.39, 0.29) is 0 Å². The van der Waals surface area contributed by atoms with Crippen LogP contribution in [0.25, 0.3) is 0 Å². The molecule has 2 rings (SSSR count). The van der Waals surface area contributed by atoms with Gasteiger partial charge in [-0.05, 0) is 56.2 Å². The minimum atomic E-state index is 0.671. The van der Waals surface area contributed by atoms with E-state index in [9.17, 15) is 0 Å². The van der Waals surface area contributed by atoms with E-state index in [0.29, 0.717) is 6.04 Å². The monoisotopic (exact) mass is 281 g/mol. The average molecular weight is 282 g/mol. The molecule has 0 saturated heterocycles. The fourth-order valence-corrected chi connectivity index (χ4v) is 2.74. The third kappa shape index (κ3) is 3.00. The fraction of sp³-hybridized carbons (Fsp3) is 0.571. The molecule has 1 fully saturated rings. The lowest BCUT2D eigenvalue weighted by molar-refractivity contribution is 0.361. The normalized spacial score (nSPS) is 25.4. The summed E-state index contributed by atoms with van der Waals surface area (Å²) < 4.78 is 1.16.